The highest BCUT2D eigenvalue weighted by Crippen LogP contribution is 2.43. The lowest BCUT2D eigenvalue weighted by molar-refractivity contribution is -0.138. The third-order valence-corrected chi connectivity index (χ3v) is 5.94. The van der Waals surface area contributed by atoms with Gasteiger partial charge in [-0.1, -0.05) is 53.5 Å². The Morgan fingerprint density at radius 2 is 1.81 bits per heavy atom. The van der Waals surface area contributed by atoms with E-state index in [0.717, 1.165) is 37.7 Å². The van der Waals surface area contributed by atoms with E-state index in [4.69, 9.17) is 4.74 Å². The molecule has 0 spiro atoms. The molecule has 142 valence electrons. The van der Waals surface area contributed by atoms with Crippen LogP contribution in [0.15, 0.2) is 30.3 Å². The lowest BCUT2D eigenvalue weighted by atomic mass is 9.86. The Morgan fingerprint density at radius 1 is 1.12 bits per heavy atom. The van der Waals surface area contributed by atoms with Crippen LogP contribution in [0.2, 0.25) is 0 Å². The molecule has 1 aliphatic carbocycles. The highest BCUT2D eigenvalue weighted by atomic mass is 79.9. The minimum absolute atomic E-state index is 0.0374. The van der Waals surface area contributed by atoms with Crippen molar-refractivity contribution in [2.75, 3.05) is 0 Å². The third-order valence-electron chi connectivity index (χ3n) is 5.41. The van der Waals surface area contributed by atoms with Gasteiger partial charge >= 0.3 is 6.18 Å². The van der Waals surface area contributed by atoms with Gasteiger partial charge in [-0.25, -0.2) is 0 Å². The molecule has 0 N–H and O–H groups in total. The first-order chi connectivity index (χ1) is 12.3. The summed E-state index contributed by atoms with van der Waals surface area (Å²) in [5.74, 6) is 0.641. The zero-order valence-electron chi connectivity index (χ0n) is 15.1. The fourth-order valence-electron chi connectivity index (χ4n) is 3.80. The molecule has 0 amide bonds. The van der Waals surface area contributed by atoms with Gasteiger partial charge in [-0.2, -0.15) is 13.2 Å². The molecule has 1 fully saturated rings. The normalized spacial score (nSPS) is 22.4. The Labute approximate surface area is 161 Å². The van der Waals surface area contributed by atoms with Crippen LogP contribution in [-0.2, 0) is 6.18 Å². The summed E-state index contributed by atoms with van der Waals surface area (Å²) in [4.78, 5) is 0.0888. The smallest absolute Gasteiger partial charge is 0.420 e. The summed E-state index contributed by atoms with van der Waals surface area (Å²) in [6.07, 6.45) is 0.271. The Morgan fingerprint density at radius 3 is 2.38 bits per heavy atom. The van der Waals surface area contributed by atoms with Crippen molar-refractivity contribution >= 4 is 26.7 Å². The second-order valence-electron chi connectivity index (χ2n) is 7.20. The summed E-state index contributed by atoms with van der Waals surface area (Å²) in [6, 6.07) is 8.33. The predicted molar refractivity (Wildman–Crippen MR) is 103 cm³/mol. The number of fused-ring (bicyclic) bond motifs is 1. The van der Waals surface area contributed by atoms with Gasteiger partial charge in [-0.05, 0) is 60.9 Å². The van der Waals surface area contributed by atoms with Gasteiger partial charge in [0.15, 0.2) is 0 Å². The van der Waals surface area contributed by atoms with Gasteiger partial charge in [-0.15, -0.1) is 0 Å². The largest absolute Gasteiger partial charge is 0.490 e. The van der Waals surface area contributed by atoms with Crippen molar-refractivity contribution in [3.63, 3.8) is 0 Å². The molecule has 0 bridgehead atoms. The lowest BCUT2D eigenvalue weighted by Gasteiger charge is -2.29. The summed E-state index contributed by atoms with van der Waals surface area (Å²) in [6.45, 7) is 4.12. The Kier molecular flexibility index (Phi) is 5.85. The van der Waals surface area contributed by atoms with E-state index in [1.807, 2.05) is 6.92 Å². The molecule has 26 heavy (non-hydrogen) atoms. The average molecular weight is 429 g/mol. The molecule has 5 heteroatoms. The number of rotatable bonds is 4. The van der Waals surface area contributed by atoms with Gasteiger partial charge in [0.25, 0.3) is 0 Å². The standard InChI is InChI=1S/C21H24BrF3O/c1-3-14-4-8-17(9-5-14)26-19-11-7-16-12-15(13(2)22)6-10-18(16)20(19)21(23,24)25/h6-7,10-14,17H,3-5,8-9H2,1-2H3. The van der Waals surface area contributed by atoms with Gasteiger partial charge in [-0.3, -0.25) is 0 Å². The second-order valence-corrected chi connectivity index (χ2v) is 8.58. The maximum atomic E-state index is 13.8. The van der Waals surface area contributed by atoms with Gasteiger partial charge in [0.2, 0.25) is 0 Å². The monoisotopic (exact) mass is 428 g/mol. The maximum Gasteiger partial charge on any atom is 0.420 e. The first-order valence-corrected chi connectivity index (χ1v) is 10.2. The van der Waals surface area contributed by atoms with Crippen molar-refractivity contribution in [1.82, 2.24) is 0 Å². The average Bonchev–Trinajstić information content (AvgIpc) is 2.60. The van der Waals surface area contributed by atoms with Gasteiger partial charge in [0, 0.05) is 4.83 Å². The van der Waals surface area contributed by atoms with Crippen LogP contribution in [-0.4, -0.2) is 6.10 Å². The minimum atomic E-state index is -4.45. The van der Waals surface area contributed by atoms with Crippen molar-refractivity contribution in [3.8, 4) is 5.75 Å². The van der Waals surface area contributed by atoms with Crippen LogP contribution in [0.1, 0.15) is 61.9 Å². The van der Waals surface area contributed by atoms with Crippen molar-refractivity contribution in [1.29, 1.82) is 0 Å². The van der Waals surface area contributed by atoms with Crippen LogP contribution in [0.4, 0.5) is 13.2 Å². The van der Waals surface area contributed by atoms with E-state index in [1.54, 1.807) is 24.3 Å². The van der Waals surface area contributed by atoms with E-state index in [-0.39, 0.29) is 22.1 Å². The van der Waals surface area contributed by atoms with E-state index in [2.05, 4.69) is 22.9 Å². The summed E-state index contributed by atoms with van der Waals surface area (Å²) in [5.41, 5.74) is 0.304. The number of halogens is 4. The zero-order chi connectivity index (χ0) is 18.9. The highest BCUT2D eigenvalue weighted by Gasteiger charge is 2.37. The van der Waals surface area contributed by atoms with Crippen LogP contribution < -0.4 is 4.74 Å². The Balaban J connectivity index is 1.96. The van der Waals surface area contributed by atoms with Crippen LogP contribution >= 0.6 is 15.9 Å². The number of benzene rings is 2. The number of ether oxygens (including phenoxy) is 1. The molecule has 2 aromatic rings. The molecule has 2 aromatic carbocycles. The molecule has 1 atom stereocenters. The van der Waals surface area contributed by atoms with E-state index in [1.165, 1.54) is 6.07 Å². The highest BCUT2D eigenvalue weighted by molar-refractivity contribution is 9.09. The SMILES string of the molecule is CCC1CCC(Oc2ccc3cc(C(C)Br)ccc3c2C(F)(F)F)CC1. The van der Waals surface area contributed by atoms with Gasteiger partial charge < -0.3 is 4.74 Å². The van der Waals surface area contributed by atoms with Gasteiger partial charge in [0.1, 0.15) is 11.3 Å². The van der Waals surface area contributed by atoms with E-state index in [0.29, 0.717) is 11.3 Å². The molecule has 1 saturated carbocycles. The first kappa shape index (κ1) is 19.5. The van der Waals surface area contributed by atoms with Crippen molar-refractivity contribution in [3.05, 3.63) is 41.5 Å². The fraction of sp³-hybridized carbons (Fsp3) is 0.524. The summed E-state index contributed by atoms with van der Waals surface area (Å²) in [7, 11) is 0. The summed E-state index contributed by atoms with van der Waals surface area (Å²) >= 11 is 3.47. The quantitative estimate of drug-likeness (QED) is 0.454. The molecule has 0 aliphatic heterocycles. The summed E-state index contributed by atoms with van der Waals surface area (Å²) in [5, 5.41) is 0.789. The fourth-order valence-corrected chi connectivity index (χ4v) is 4.09. The molecule has 1 nitrogen and oxygen atoms in total. The Bertz CT molecular complexity index is 762. The Hall–Kier alpha value is -1.23. The predicted octanol–water partition coefficient (Wildman–Crippen LogP) is 7.66. The topological polar surface area (TPSA) is 9.23 Å². The lowest BCUT2D eigenvalue weighted by Crippen LogP contribution is -2.25. The number of hydrogen-bond donors (Lipinski definition) is 0. The minimum Gasteiger partial charge on any atom is -0.490 e. The second kappa shape index (κ2) is 7.79. The zero-order valence-corrected chi connectivity index (χ0v) is 16.7. The first-order valence-electron chi connectivity index (χ1n) is 9.24. The van der Waals surface area contributed by atoms with Crippen LogP contribution in [0.3, 0.4) is 0 Å². The van der Waals surface area contributed by atoms with E-state index >= 15 is 0 Å². The van der Waals surface area contributed by atoms with Crippen LogP contribution in [0.25, 0.3) is 10.8 Å². The molecule has 3 rings (SSSR count). The van der Waals surface area contributed by atoms with Crippen LogP contribution in [0, 0.1) is 5.92 Å². The van der Waals surface area contributed by atoms with Crippen molar-refractivity contribution in [2.24, 2.45) is 5.92 Å². The molecule has 0 radical (unpaired) electrons. The molecule has 1 unspecified atom stereocenters. The molecule has 0 saturated heterocycles. The number of hydrogen-bond acceptors (Lipinski definition) is 1. The molecule has 0 aromatic heterocycles. The molecule has 1 aliphatic rings. The molecular weight excluding hydrogens is 405 g/mol. The van der Waals surface area contributed by atoms with Crippen LogP contribution in [0.5, 0.6) is 5.75 Å². The van der Waals surface area contributed by atoms with Crippen molar-refractivity contribution < 1.29 is 17.9 Å². The number of alkyl halides is 4. The van der Waals surface area contributed by atoms with E-state index < -0.39 is 11.7 Å². The third kappa shape index (κ3) is 4.19. The molecule has 0 heterocycles. The van der Waals surface area contributed by atoms with Gasteiger partial charge in [0.05, 0.1) is 6.10 Å². The van der Waals surface area contributed by atoms with E-state index in [9.17, 15) is 13.2 Å². The summed E-state index contributed by atoms with van der Waals surface area (Å²) < 4.78 is 47.3. The molecular formula is C21H24BrF3O. The van der Waals surface area contributed by atoms with Crippen molar-refractivity contribution in [2.45, 2.75) is 63.1 Å². The maximum absolute atomic E-state index is 13.8.